The molecule has 0 saturated carbocycles. The number of nitrogens with one attached hydrogen (secondary N) is 1. The van der Waals surface area contributed by atoms with E-state index >= 15 is 0 Å². The van der Waals surface area contributed by atoms with Gasteiger partial charge in [-0.1, -0.05) is 42.5 Å². The maximum atomic E-state index is 12.6. The lowest BCUT2D eigenvalue weighted by molar-refractivity contribution is 0.0955. The second-order valence-electron chi connectivity index (χ2n) is 6.13. The first-order valence-electron chi connectivity index (χ1n) is 8.73. The van der Waals surface area contributed by atoms with Crippen LogP contribution in [0.2, 0.25) is 0 Å². The van der Waals surface area contributed by atoms with E-state index in [1.54, 1.807) is 18.2 Å². The smallest absolute Gasteiger partial charge is 0.267 e. The number of rotatable bonds is 6. The van der Waals surface area contributed by atoms with E-state index in [-0.39, 0.29) is 10.5 Å². The molecule has 2 aromatic rings. The molecular formula is C20H21N3O3S. The van der Waals surface area contributed by atoms with Crippen LogP contribution in [0.15, 0.2) is 70.7 Å². The highest BCUT2D eigenvalue weighted by molar-refractivity contribution is 7.89. The molecule has 1 heterocycles. The Bertz CT molecular complexity index is 947. The largest absolute Gasteiger partial charge is 0.271 e. The summed E-state index contributed by atoms with van der Waals surface area (Å²) in [6.07, 6.45) is 6.77. The molecule has 3 rings (SSSR count). The van der Waals surface area contributed by atoms with E-state index in [0.717, 1.165) is 18.4 Å². The Balaban J connectivity index is 1.63. The van der Waals surface area contributed by atoms with Gasteiger partial charge in [0.05, 0.1) is 4.90 Å². The van der Waals surface area contributed by atoms with Crippen LogP contribution in [0.4, 0.5) is 0 Å². The standard InChI is InChI=1S/C20H21N3O3S/c24-20(22-21-13-7-10-17-8-2-1-3-9-17)18-11-6-12-19(16-18)27(25,26)23-14-4-5-15-23/h1-3,6-13,16H,4-5,14-15H2,(H,22,24)/b10-7+,21-13+. The number of sulfonamides is 1. The normalized spacial score (nSPS) is 15.6. The molecule has 2 aromatic carbocycles. The van der Waals surface area contributed by atoms with Gasteiger partial charge in [0.15, 0.2) is 0 Å². The molecule has 140 valence electrons. The predicted molar refractivity (Wildman–Crippen MR) is 106 cm³/mol. The van der Waals surface area contributed by atoms with Crippen molar-refractivity contribution >= 4 is 28.2 Å². The van der Waals surface area contributed by atoms with Crippen LogP contribution in [0.3, 0.4) is 0 Å². The molecule has 27 heavy (non-hydrogen) atoms. The van der Waals surface area contributed by atoms with Gasteiger partial charge in [-0.2, -0.15) is 9.41 Å². The lowest BCUT2D eigenvalue weighted by Crippen LogP contribution is -2.28. The molecule has 0 spiro atoms. The maximum Gasteiger partial charge on any atom is 0.271 e. The van der Waals surface area contributed by atoms with Crippen LogP contribution in [-0.2, 0) is 10.0 Å². The molecular weight excluding hydrogens is 362 g/mol. The van der Waals surface area contributed by atoms with Crippen molar-refractivity contribution in [1.82, 2.24) is 9.73 Å². The van der Waals surface area contributed by atoms with Gasteiger partial charge in [-0.05, 0) is 42.7 Å². The second kappa shape index (κ2) is 8.75. The molecule has 1 aliphatic heterocycles. The fraction of sp³-hybridized carbons (Fsp3) is 0.200. The third-order valence-electron chi connectivity index (χ3n) is 4.21. The van der Waals surface area contributed by atoms with Crippen molar-refractivity contribution in [1.29, 1.82) is 0 Å². The van der Waals surface area contributed by atoms with Crippen molar-refractivity contribution in [2.24, 2.45) is 5.10 Å². The molecule has 0 aromatic heterocycles. The minimum absolute atomic E-state index is 0.130. The predicted octanol–water partition coefficient (Wildman–Crippen LogP) is 2.90. The first-order chi connectivity index (χ1) is 13.1. The first kappa shape index (κ1) is 19.0. The fourth-order valence-corrected chi connectivity index (χ4v) is 4.36. The Hall–Kier alpha value is -2.77. The van der Waals surface area contributed by atoms with Crippen LogP contribution >= 0.6 is 0 Å². The first-order valence-corrected chi connectivity index (χ1v) is 10.2. The molecule has 1 fully saturated rings. The van der Waals surface area contributed by atoms with Crippen LogP contribution < -0.4 is 5.43 Å². The summed E-state index contributed by atoms with van der Waals surface area (Å²) >= 11 is 0. The van der Waals surface area contributed by atoms with Crippen LogP contribution in [0.5, 0.6) is 0 Å². The number of carbonyl (C=O) groups is 1. The van der Waals surface area contributed by atoms with Crippen molar-refractivity contribution in [2.45, 2.75) is 17.7 Å². The number of hydrazone groups is 1. The SMILES string of the molecule is O=C(N/N=C/C=C/c1ccccc1)c1cccc(S(=O)(=O)N2CCCC2)c1. The summed E-state index contributed by atoms with van der Waals surface area (Å²) in [5, 5.41) is 3.86. The average Bonchev–Trinajstić information content (AvgIpc) is 3.24. The van der Waals surface area contributed by atoms with Gasteiger partial charge in [-0.15, -0.1) is 0 Å². The molecule has 1 amide bonds. The summed E-state index contributed by atoms with van der Waals surface area (Å²) in [4.78, 5) is 12.4. The summed E-state index contributed by atoms with van der Waals surface area (Å²) in [6, 6.07) is 15.7. The van der Waals surface area contributed by atoms with Crippen molar-refractivity contribution in [3.8, 4) is 0 Å². The van der Waals surface area contributed by atoms with E-state index < -0.39 is 15.9 Å². The van der Waals surface area contributed by atoms with Gasteiger partial charge in [0.2, 0.25) is 10.0 Å². The summed E-state index contributed by atoms with van der Waals surface area (Å²) in [7, 11) is -3.55. The number of hydrogen-bond donors (Lipinski definition) is 1. The molecule has 6 nitrogen and oxygen atoms in total. The monoisotopic (exact) mass is 383 g/mol. The Labute approximate surface area is 159 Å². The highest BCUT2D eigenvalue weighted by Gasteiger charge is 2.27. The van der Waals surface area contributed by atoms with Gasteiger partial charge in [0, 0.05) is 24.9 Å². The molecule has 0 bridgehead atoms. The van der Waals surface area contributed by atoms with E-state index in [1.807, 2.05) is 36.4 Å². The lowest BCUT2D eigenvalue weighted by atomic mass is 10.2. The molecule has 0 atom stereocenters. The van der Waals surface area contributed by atoms with Crippen LogP contribution in [0.1, 0.15) is 28.8 Å². The summed E-state index contributed by atoms with van der Waals surface area (Å²) in [5.41, 5.74) is 3.68. The number of carbonyl (C=O) groups excluding carboxylic acids is 1. The summed E-state index contributed by atoms with van der Waals surface area (Å²) in [5.74, 6) is -0.460. The number of nitrogens with zero attached hydrogens (tertiary/aromatic N) is 2. The molecule has 1 aliphatic rings. The third kappa shape index (κ3) is 4.90. The molecule has 7 heteroatoms. The Morgan fingerprint density at radius 2 is 1.78 bits per heavy atom. The van der Waals surface area contributed by atoms with E-state index in [1.165, 1.54) is 22.7 Å². The maximum absolute atomic E-state index is 12.6. The van der Waals surface area contributed by atoms with E-state index in [4.69, 9.17) is 0 Å². The van der Waals surface area contributed by atoms with E-state index in [0.29, 0.717) is 13.1 Å². The van der Waals surface area contributed by atoms with Crippen molar-refractivity contribution < 1.29 is 13.2 Å². The number of allylic oxidation sites excluding steroid dienone is 1. The van der Waals surface area contributed by atoms with Crippen molar-refractivity contribution in [2.75, 3.05) is 13.1 Å². The van der Waals surface area contributed by atoms with Crippen LogP contribution in [0.25, 0.3) is 6.08 Å². The van der Waals surface area contributed by atoms with Gasteiger partial charge < -0.3 is 0 Å². The molecule has 0 unspecified atom stereocenters. The summed E-state index contributed by atoms with van der Waals surface area (Å²) in [6.45, 7) is 1.05. The van der Waals surface area contributed by atoms with E-state index in [2.05, 4.69) is 10.5 Å². The minimum atomic E-state index is -3.55. The lowest BCUT2D eigenvalue weighted by Gasteiger charge is -2.15. The zero-order valence-corrected chi connectivity index (χ0v) is 15.6. The Morgan fingerprint density at radius 1 is 1.04 bits per heavy atom. The van der Waals surface area contributed by atoms with Crippen LogP contribution in [0, 0.1) is 0 Å². The van der Waals surface area contributed by atoms with Crippen LogP contribution in [-0.4, -0.2) is 37.9 Å². The topological polar surface area (TPSA) is 78.8 Å². The molecule has 0 aliphatic carbocycles. The third-order valence-corrected chi connectivity index (χ3v) is 6.11. The van der Waals surface area contributed by atoms with Gasteiger partial charge in [-0.3, -0.25) is 4.79 Å². The highest BCUT2D eigenvalue weighted by Crippen LogP contribution is 2.21. The highest BCUT2D eigenvalue weighted by atomic mass is 32.2. The fourth-order valence-electron chi connectivity index (χ4n) is 2.80. The van der Waals surface area contributed by atoms with Crippen molar-refractivity contribution in [3.63, 3.8) is 0 Å². The van der Waals surface area contributed by atoms with Crippen molar-refractivity contribution in [3.05, 3.63) is 71.8 Å². The van der Waals surface area contributed by atoms with Gasteiger partial charge >= 0.3 is 0 Å². The number of hydrogen-bond acceptors (Lipinski definition) is 4. The molecule has 1 N–H and O–H groups in total. The van der Waals surface area contributed by atoms with Gasteiger partial charge in [0.1, 0.15) is 0 Å². The quantitative estimate of drug-likeness (QED) is 0.615. The summed E-state index contributed by atoms with van der Waals surface area (Å²) < 4.78 is 26.7. The zero-order valence-electron chi connectivity index (χ0n) is 14.8. The molecule has 1 saturated heterocycles. The molecule has 0 radical (unpaired) electrons. The average molecular weight is 383 g/mol. The minimum Gasteiger partial charge on any atom is -0.267 e. The van der Waals surface area contributed by atoms with Gasteiger partial charge in [0.25, 0.3) is 5.91 Å². The second-order valence-corrected chi connectivity index (χ2v) is 8.07. The van der Waals surface area contributed by atoms with E-state index in [9.17, 15) is 13.2 Å². The number of benzene rings is 2. The Kier molecular flexibility index (Phi) is 6.16. The number of amides is 1. The zero-order chi connectivity index (χ0) is 19.1. The Morgan fingerprint density at radius 3 is 2.52 bits per heavy atom. The van der Waals surface area contributed by atoms with Gasteiger partial charge in [-0.25, -0.2) is 13.8 Å².